The number of hydrogen-bond donors (Lipinski definition) is 1. The number of thioether (sulfide) groups is 1. The van der Waals surface area contributed by atoms with Crippen molar-refractivity contribution in [1.29, 1.82) is 0 Å². The van der Waals surface area contributed by atoms with Crippen molar-refractivity contribution in [3.8, 4) is 5.69 Å². The predicted octanol–water partition coefficient (Wildman–Crippen LogP) is 4.05. The Kier molecular flexibility index (Phi) is 5.05. The number of benzene rings is 1. The van der Waals surface area contributed by atoms with Crippen LogP contribution in [0.5, 0.6) is 0 Å². The maximum atomic E-state index is 13.5. The van der Waals surface area contributed by atoms with Crippen molar-refractivity contribution in [1.82, 2.24) is 14.9 Å². The van der Waals surface area contributed by atoms with Gasteiger partial charge in [-0.1, -0.05) is 23.9 Å². The molecule has 0 aliphatic heterocycles. The number of aryl methyl sites for hydroxylation is 3. The number of amides is 1. The highest BCUT2D eigenvalue weighted by Crippen LogP contribution is 2.30. The van der Waals surface area contributed by atoms with Crippen molar-refractivity contribution in [3.63, 3.8) is 0 Å². The molecular weight excluding hydrogens is 390 g/mol. The van der Waals surface area contributed by atoms with E-state index in [9.17, 15) is 9.59 Å². The summed E-state index contributed by atoms with van der Waals surface area (Å²) in [5.41, 5.74) is 3.91. The SMILES string of the molecule is Cc1cccc(-n2c(SCC(=O)NC3CC3)nc3sc(C)c(C)c3c2=O)c1C. The van der Waals surface area contributed by atoms with Gasteiger partial charge in [-0.3, -0.25) is 14.2 Å². The van der Waals surface area contributed by atoms with E-state index in [1.54, 1.807) is 4.57 Å². The molecule has 0 unspecified atom stereocenters. The zero-order valence-corrected chi connectivity index (χ0v) is 18.1. The van der Waals surface area contributed by atoms with Crippen LogP contribution in [0.25, 0.3) is 15.9 Å². The summed E-state index contributed by atoms with van der Waals surface area (Å²) in [7, 11) is 0. The average molecular weight is 414 g/mol. The normalized spacial score (nSPS) is 13.9. The molecule has 0 bridgehead atoms. The summed E-state index contributed by atoms with van der Waals surface area (Å²) in [4.78, 5) is 32.3. The van der Waals surface area contributed by atoms with E-state index in [-0.39, 0.29) is 17.2 Å². The Morgan fingerprint density at radius 3 is 2.71 bits per heavy atom. The van der Waals surface area contributed by atoms with Crippen LogP contribution in [-0.4, -0.2) is 27.3 Å². The zero-order chi connectivity index (χ0) is 20.0. The first kappa shape index (κ1) is 19.2. The zero-order valence-electron chi connectivity index (χ0n) is 16.5. The van der Waals surface area contributed by atoms with Gasteiger partial charge < -0.3 is 5.32 Å². The van der Waals surface area contributed by atoms with Crippen LogP contribution >= 0.6 is 23.1 Å². The lowest BCUT2D eigenvalue weighted by atomic mass is 10.1. The molecule has 0 saturated heterocycles. The molecule has 0 spiro atoms. The van der Waals surface area contributed by atoms with Gasteiger partial charge in [0, 0.05) is 10.9 Å². The van der Waals surface area contributed by atoms with Crippen LogP contribution in [0.3, 0.4) is 0 Å². The van der Waals surface area contributed by atoms with Crippen LogP contribution in [-0.2, 0) is 4.79 Å². The summed E-state index contributed by atoms with van der Waals surface area (Å²) in [5, 5.41) is 4.24. The third-order valence-electron chi connectivity index (χ3n) is 5.26. The highest BCUT2D eigenvalue weighted by Gasteiger charge is 2.24. The van der Waals surface area contributed by atoms with Gasteiger partial charge in [-0.15, -0.1) is 11.3 Å². The van der Waals surface area contributed by atoms with Crippen molar-refractivity contribution in [2.24, 2.45) is 0 Å². The van der Waals surface area contributed by atoms with E-state index in [1.165, 1.54) is 23.1 Å². The lowest BCUT2D eigenvalue weighted by Crippen LogP contribution is -2.28. The number of thiophene rings is 1. The van der Waals surface area contributed by atoms with E-state index in [4.69, 9.17) is 4.98 Å². The van der Waals surface area contributed by atoms with E-state index in [2.05, 4.69) is 5.32 Å². The molecule has 0 atom stereocenters. The Balaban J connectivity index is 1.85. The molecule has 0 radical (unpaired) electrons. The molecule has 3 aromatic rings. The summed E-state index contributed by atoms with van der Waals surface area (Å²) >= 11 is 2.86. The maximum absolute atomic E-state index is 13.5. The fourth-order valence-corrected chi connectivity index (χ4v) is 5.08. The largest absolute Gasteiger partial charge is 0.353 e. The van der Waals surface area contributed by atoms with E-state index in [0.717, 1.165) is 44.9 Å². The number of carbonyl (C=O) groups is 1. The van der Waals surface area contributed by atoms with E-state index < -0.39 is 0 Å². The van der Waals surface area contributed by atoms with E-state index in [1.807, 2.05) is 45.9 Å². The third-order valence-corrected chi connectivity index (χ3v) is 7.30. The minimum atomic E-state index is -0.0642. The molecule has 146 valence electrons. The van der Waals surface area contributed by atoms with Crippen molar-refractivity contribution in [2.75, 3.05) is 5.75 Å². The number of rotatable bonds is 5. The first-order valence-electron chi connectivity index (χ1n) is 9.38. The molecule has 4 rings (SSSR count). The first-order valence-corrected chi connectivity index (χ1v) is 11.2. The van der Waals surface area contributed by atoms with Crippen molar-refractivity contribution >= 4 is 39.2 Å². The second-order valence-electron chi connectivity index (χ2n) is 7.35. The molecule has 28 heavy (non-hydrogen) atoms. The number of fused-ring (bicyclic) bond motifs is 1. The fraction of sp³-hybridized carbons (Fsp3) is 0.381. The Morgan fingerprint density at radius 2 is 2.00 bits per heavy atom. The van der Waals surface area contributed by atoms with Crippen LogP contribution in [0, 0.1) is 27.7 Å². The monoisotopic (exact) mass is 413 g/mol. The lowest BCUT2D eigenvalue weighted by molar-refractivity contribution is -0.118. The van der Waals surface area contributed by atoms with Crippen molar-refractivity contribution in [3.05, 3.63) is 50.1 Å². The van der Waals surface area contributed by atoms with E-state index >= 15 is 0 Å². The third kappa shape index (κ3) is 3.49. The highest BCUT2D eigenvalue weighted by atomic mass is 32.2. The molecule has 2 heterocycles. The molecule has 1 amide bonds. The van der Waals surface area contributed by atoms with Crippen molar-refractivity contribution < 1.29 is 4.79 Å². The van der Waals surface area contributed by atoms with Crippen LogP contribution in [0.15, 0.2) is 28.2 Å². The number of carbonyl (C=O) groups excluding carboxylic acids is 1. The van der Waals surface area contributed by atoms with Crippen LogP contribution < -0.4 is 10.9 Å². The second kappa shape index (κ2) is 7.37. The summed E-state index contributed by atoms with van der Waals surface area (Å²) in [6, 6.07) is 6.26. The topological polar surface area (TPSA) is 64.0 Å². The fourth-order valence-electron chi connectivity index (χ4n) is 3.19. The van der Waals surface area contributed by atoms with Crippen LogP contribution in [0.2, 0.25) is 0 Å². The summed E-state index contributed by atoms with van der Waals surface area (Å²) in [6.45, 7) is 8.03. The minimum Gasteiger partial charge on any atom is -0.353 e. The molecule has 1 N–H and O–H groups in total. The van der Waals surface area contributed by atoms with Crippen molar-refractivity contribution in [2.45, 2.75) is 51.7 Å². The number of hydrogen-bond acceptors (Lipinski definition) is 5. The lowest BCUT2D eigenvalue weighted by Gasteiger charge is -2.15. The Hall–Kier alpha value is -2.12. The van der Waals surface area contributed by atoms with Gasteiger partial charge in [-0.05, 0) is 63.3 Å². The van der Waals surface area contributed by atoms with Gasteiger partial charge in [-0.2, -0.15) is 0 Å². The smallest absolute Gasteiger partial charge is 0.267 e. The average Bonchev–Trinajstić information content (AvgIpc) is 3.41. The molecule has 1 aromatic carbocycles. The summed E-state index contributed by atoms with van der Waals surface area (Å²) < 4.78 is 1.68. The Bertz CT molecular complexity index is 1140. The molecule has 1 aliphatic carbocycles. The molecule has 1 fully saturated rings. The first-order chi connectivity index (χ1) is 13.4. The standard InChI is InChI=1S/C21H23N3O2S2/c1-11-6-5-7-16(12(11)2)24-20(26)18-13(3)14(4)28-19(18)23-21(24)27-10-17(25)22-15-8-9-15/h5-7,15H,8-10H2,1-4H3,(H,22,25). The molecular formula is C21H23N3O2S2. The summed E-state index contributed by atoms with van der Waals surface area (Å²) in [6.07, 6.45) is 2.11. The molecule has 5 nitrogen and oxygen atoms in total. The van der Waals surface area contributed by atoms with Gasteiger partial charge in [0.25, 0.3) is 5.56 Å². The van der Waals surface area contributed by atoms with Crippen LogP contribution in [0.4, 0.5) is 0 Å². The van der Waals surface area contributed by atoms with Gasteiger partial charge in [-0.25, -0.2) is 4.98 Å². The van der Waals surface area contributed by atoms with E-state index in [0.29, 0.717) is 16.6 Å². The van der Waals surface area contributed by atoms with Gasteiger partial charge in [0.1, 0.15) is 4.83 Å². The molecule has 1 aliphatic rings. The Morgan fingerprint density at radius 1 is 1.25 bits per heavy atom. The van der Waals surface area contributed by atoms with Gasteiger partial charge in [0.15, 0.2) is 5.16 Å². The Labute approximate surface area is 172 Å². The van der Waals surface area contributed by atoms with Gasteiger partial charge in [0.05, 0.1) is 16.8 Å². The molecule has 7 heteroatoms. The minimum absolute atomic E-state index is 0.00657. The predicted molar refractivity (Wildman–Crippen MR) is 116 cm³/mol. The second-order valence-corrected chi connectivity index (χ2v) is 9.49. The number of nitrogens with zero attached hydrogens (tertiary/aromatic N) is 2. The number of aromatic nitrogens is 2. The molecule has 1 saturated carbocycles. The van der Waals surface area contributed by atoms with Gasteiger partial charge in [0.2, 0.25) is 5.91 Å². The quantitative estimate of drug-likeness (QED) is 0.506. The molecule has 2 aromatic heterocycles. The van der Waals surface area contributed by atoms with Crippen LogP contribution in [0.1, 0.15) is 34.4 Å². The maximum Gasteiger partial charge on any atom is 0.267 e. The van der Waals surface area contributed by atoms with Gasteiger partial charge >= 0.3 is 0 Å². The highest BCUT2D eigenvalue weighted by molar-refractivity contribution is 7.99. The summed E-state index contributed by atoms with van der Waals surface area (Å²) in [5.74, 6) is 0.246. The number of nitrogens with one attached hydrogen (secondary N) is 1.